The van der Waals surface area contributed by atoms with E-state index >= 15 is 33.6 Å². The van der Waals surface area contributed by atoms with E-state index in [0.29, 0.717) is 44.1 Å². The topological polar surface area (TPSA) is 697 Å². The van der Waals surface area contributed by atoms with Crippen LogP contribution >= 0.6 is 33.3 Å². The number of nitrogens with zero attached hydrogens (tertiary/aromatic N) is 5. The maximum Gasteiger partial charge on any atom is 0.303 e. The number of hydrogen-bond acceptors (Lipinski definition) is 27. The first-order valence-corrected chi connectivity index (χ1v) is 51.2. The van der Waals surface area contributed by atoms with Crippen LogP contribution in [-0.2, 0) is 97.5 Å². The van der Waals surface area contributed by atoms with Crippen LogP contribution in [0.15, 0.2) is 35.3 Å². The number of benzene rings is 1. The summed E-state index contributed by atoms with van der Waals surface area (Å²) in [4.78, 5) is 284. The standard InChI is InChI=1S/C89H145N23O22S3/c1-9-10-24-60-85(131)109-38-19-28-66(109)82(128)96-51(6)73(119)107-64(47-113)80(126)106-63(44-53-22-12-11-13-23-53)79(125)108-65(81(127)104-61(26-15-17-36-91)86(132)111-40-21-30-68(111)87(133)112-46-54(115)45-69(112)84(130)98-55(72(92)118)31-32-70(116)117)48-137-136-42-34-59(101-76(122)58(33-41-135-8)102-83(129)67-29-20-39-110(67)88(134)71(50(4)5)97-52(7)114)77(123)105-62(43-49(2)3)78(124)100-57(27-18-37-95-89(93)94)74(120)99-56(75(121)103-60)25-14-16-35-90/h11-13,22-23,49-51,54-69,71,113,115H,9-10,14-21,24-48,90-91H2,1-8H3,(H2,92,118)(H,96,128)(H,97,114)(H,98,130)(H,99,120)(H,100,124)(H,101,122)(H,102,129)(H,103,121)(H,104,127)(H,105,123)(H,106,126)(H,107,119)(H,108,125)(H,116,117)(H4,93,94,95)/t51?,54-,55+,56+,57+,58+,59?,60+,61?,62+,63+,64+,65+,66+,67+,68+,69+,71+/m1/s1. The third-order valence-electron chi connectivity index (χ3n) is 24.3. The molecule has 48 heteroatoms. The van der Waals surface area contributed by atoms with E-state index in [4.69, 9.17) is 28.7 Å². The number of likely N-dealkylation sites (tertiary alicyclic amines) is 3. The summed E-state index contributed by atoms with van der Waals surface area (Å²) in [5.74, 6) is -18.0. The maximum absolute atomic E-state index is 15.6. The van der Waals surface area contributed by atoms with Gasteiger partial charge in [-0.3, -0.25) is 96.1 Å². The number of guanidine groups is 1. The van der Waals surface area contributed by atoms with Crippen molar-refractivity contribution in [2.75, 3.05) is 75.9 Å². The number of fused-ring (bicyclic) bond motifs is 1. The molecule has 0 aromatic heterocycles. The Morgan fingerprint density at radius 2 is 1.15 bits per heavy atom. The molecule has 0 spiro atoms. The van der Waals surface area contributed by atoms with Crippen molar-refractivity contribution in [2.24, 2.45) is 45.5 Å². The summed E-state index contributed by atoms with van der Waals surface area (Å²) in [5, 5.41) is 66.3. The van der Waals surface area contributed by atoms with Crippen molar-refractivity contribution in [3.63, 3.8) is 0 Å². The van der Waals surface area contributed by atoms with E-state index in [1.807, 2.05) is 6.92 Å². The number of unbranched alkanes of at least 4 members (excludes halogenated alkanes) is 3. The summed E-state index contributed by atoms with van der Waals surface area (Å²) in [5.41, 5.74) is 29.3. The van der Waals surface area contributed by atoms with E-state index < -0.39 is 259 Å². The monoisotopic (exact) mass is 1980 g/mol. The summed E-state index contributed by atoms with van der Waals surface area (Å²) in [6.45, 7) is 10.3. The van der Waals surface area contributed by atoms with Gasteiger partial charge >= 0.3 is 5.97 Å². The molecule has 5 fully saturated rings. The molecule has 3 unspecified atom stereocenters. The predicted molar refractivity (Wildman–Crippen MR) is 512 cm³/mol. The lowest BCUT2D eigenvalue weighted by atomic mass is 10.0. The molecule has 18 amide bonds. The molecule has 5 aliphatic rings. The molecule has 5 heterocycles. The molecule has 1 aromatic carbocycles. The average molecular weight is 1990 g/mol. The summed E-state index contributed by atoms with van der Waals surface area (Å²) < 4.78 is 0. The van der Waals surface area contributed by atoms with Crippen LogP contribution in [0.3, 0.4) is 0 Å². The van der Waals surface area contributed by atoms with Gasteiger partial charge in [-0.25, -0.2) is 0 Å². The fourth-order valence-corrected chi connectivity index (χ4v) is 19.6. The number of aliphatic carboxylic acids is 1. The second-order valence-corrected chi connectivity index (χ2v) is 39.6. The Labute approximate surface area is 811 Å². The quantitative estimate of drug-likeness (QED) is 0.0128. The largest absolute Gasteiger partial charge is 0.481 e. The van der Waals surface area contributed by atoms with Gasteiger partial charge in [0, 0.05) is 70.4 Å². The van der Waals surface area contributed by atoms with Gasteiger partial charge in [-0.1, -0.05) is 99.4 Å². The third-order valence-corrected chi connectivity index (χ3v) is 27.4. The smallest absolute Gasteiger partial charge is 0.303 e. The number of rotatable bonds is 40. The normalized spacial score (nSPS) is 24.9. The van der Waals surface area contributed by atoms with Crippen molar-refractivity contribution in [1.29, 1.82) is 0 Å². The number of carboxylic acid groups (broad SMARTS) is 1. The number of primary amides is 1. The number of hydrogen-bond donors (Lipinski definition) is 21. The zero-order valence-electron chi connectivity index (χ0n) is 79.6. The zero-order chi connectivity index (χ0) is 101. The number of carboxylic acids is 1. The Kier molecular flexibility index (Phi) is 49.5. The fraction of sp³-hybridized carbons (Fsp3) is 0.708. The summed E-state index contributed by atoms with van der Waals surface area (Å²) in [7, 11) is 1.94. The lowest BCUT2D eigenvalue weighted by Crippen LogP contribution is -2.61. The highest BCUT2D eigenvalue weighted by molar-refractivity contribution is 8.76. The molecule has 1 aromatic rings. The van der Waals surface area contributed by atoms with Gasteiger partial charge in [0.05, 0.1) is 12.7 Å². The molecular formula is C89H145N23O22S3. The first kappa shape index (κ1) is 115. The zero-order valence-corrected chi connectivity index (χ0v) is 82.1. The Balaban J connectivity index is 1.49. The van der Waals surface area contributed by atoms with Gasteiger partial charge in [0.2, 0.25) is 106 Å². The highest BCUT2D eigenvalue weighted by Crippen LogP contribution is 2.30. The molecule has 137 heavy (non-hydrogen) atoms. The van der Waals surface area contributed by atoms with Gasteiger partial charge in [-0.2, -0.15) is 11.8 Å². The molecule has 0 bridgehead atoms. The van der Waals surface area contributed by atoms with Crippen molar-refractivity contribution in [1.82, 2.24) is 88.7 Å². The van der Waals surface area contributed by atoms with E-state index in [-0.39, 0.29) is 165 Å². The first-order valence-electron chi connectivity index (χ1n) is 47.3. The highest BCUT2D eigenvalue weighted by Gasteiger charge is 2.49. The van der Waals surface area contributed by atoms with E-state index in [9.17, 15) is 72.9 Å². The van der Waals surface area contributed by atoms with E-state index in [1.54, 1.807) is 64.3 Å². The molecule has 6 rings (SSSR count). The van der Waals surface area contributed by atoms with Crippen molar-refractivity contribution in [2.45, 2.75) is 311 Å². The summed E-state index contributed by atoms with van der Waals surface area (Å²) in [6.07, 6.45) is 1.59. The van der Waals surface area contributed by atoms with Crippen LogP contribution in [0.4, 0.5) is 0 Å². The van der Waals surface area contributed by atoms with Crippen molar-refractivity contribution in [3.05, 3.63) is 35.9 Å². The molecule has 5 aliphatic heterocycles. The van der Waals surface area contributed by atoms with Crippen LogP contribution in [0, 0.1) is 11.8 Å². The Hall–Kier alpha value is -10.7. The average Bonchev–Trinajstić information content (AvgIpc) is 1.65. The molecule has 0 radical (unpaired) electrons. The Morgan fingerprint density at radius 3 is 1.76 bits per heavy atom. The van der Waals surface area contributed by atoms with Crippen molar-refractivity contribution >= 4 is 152 Å². The van der Waals surface area contributed by atoms with Gasteiger partial charge in [-0.15, -0.1) is 0 Å². The Morgan fingerprint density at radius 1 is 0.577 bits per heavy atom. The second kappa shape index (κ2) is 58.9. The summed E-state index contributed by atoms with van der Waals surface area (Å²) >= 11 is 1.33. The van der Waals surface area contributed by atoms with Gasteiger partial charge < -0.3 is 133 Å². The molecule has 0 aliphatic carbocycles. The SMILES string of the molecule is CCCC[C@@H]1NC(=O)[C@H](CCCCN)NC(=O)[C@H](CCCN=C(N)N)NC(=O)[C@H](CC(C)C)NC(=O)C(NC(=O)[C@H](CCSC)NC(=O)[C@@H]2CCCN2C(=O)[C@@H](NC(C)=O)C(C)C)CCSSC[C@@H](C(=O)NC(CCCCN)C(=O)N2CCC[C@H]2C(=O)N2C[C@H](O)C[C@H]2C(=O)N[C@@H](CCC(=O)O)C(N)=O)NC(=O)[C@H](Cc2ccccc2)NC(=O)[C@H](CO)NC(=O)C(C)NC(=O)[C@@H]2CCCN2C1=O. The second-order valence-electron chi connectivity index (χ2n) is 36.0. The van der Waals surface area contributed by atoms with E-state index in [0.717, 1.165) is 26.5 Å². The van der Waals surface area contributed by atoms with Crippen molar-refractivity contribution < 1.29 is 106 Å². The predicted octanol–water partition coefficient (Wildman–Crippen LogP) is -4.41. The number of carbonyl (C=O) groups is 19. The number of carbonyl (C=O) groups excluding carboxylic acids is 18. The van der Waals surface area contributed by atoms with Gasteiger partial charge in [0.25, 0.3) is 0 Å². The molecule has 766 valence electrons. The number of thioether (sulfide) groups is 1. The third kappa shape index (κ3) is 36.9. The number of aliphatic hydroxyl groups is 2. The summed E-state index contributed by atoms with van der Waals surface area (Å²) in [6, 6.07) is -16.2. The molecule has 26 N–H and O–H groups in total. The minimum atomic E-state index is -1.84. The number of amides is 18. The maximum atomic E-state index is 15.6. The molecule has 0 saturated carbocycles. The van der Waals surface area contributed by atoms with Crippen LogP contribution in [-0.4, -0.2) is 338 Å². The minimum Gasteiger partial charge on any atom is -0.481 e. The number of nitrogens with one attached hydrogen (secondary N) is 13. The molecule has 18 atom stereocenters. The lowest BCUT2D eigenvalue weighted by Gasteiger charge is -2.33. The van der Waals surface area contributed by atoms with Crippen LogP contribution in [0.5, 0.6) is 0 Å². The van der Waals surface area contributed by atoms with E-state index in [1.165, 1.54) is 40.3 Å². The van der Waals surface area contributed by atoms with E-state index in [2.05, 4.69) is 74.1 Å². The molecule has 5 saturated heterocycles. The highest BCUT2D eigenvalue weighted by atomic mass is 33.1. The van der Waals surface area contributed by atoms with Gasteiger partial charge in [0.1, 0.15) is 103 Å². The Bertz CT molecular complexity index is 4310. The number of nitrogens with two attached hydrogens (primary N) is 5. The fourth-order valence-electron chi connectivity index (χ4n) is 16.8. The van der Waals surface area contributed by atoms with Crippen LogP contribution in [0.1, 0.15) is 202 Å². The van der Waals surface area contributed by atoms with Crippen molar-refractivity contribution in [3.8, 4) is 0 Å². The van der Waals surface area contributed by atoms with Gasteiger partial charge in [-0.05, 0) is 171 Å². The minimum absolute atomic E-state index is 0.0276. The number of β-amino-alcohol motifs (C(OH)–C–C–N with tert-alkyl or cyclic N) is 1. The lowest BCUT2D eigenvalue weighted by molar-refractivity contribution is -0.148. The van der Waals surface area contributed by atoms with Crippen LogP contribution < -0.4 is 97.8 Å². The molecular weight excluding hydrogens is 1840 g/mol. The molecule has 45 nitrogen and oxygen atoms in total. The number of aliphatic imine (C=N–C) groups is 1. The number of aliphatic hydroxyl groups excluding tert-OH is 2. The van der Waals surface area contributed by atoms with Gasteiger partial charge in [0.15, 0.2) is 5.96 Å². The van der Waals surface area contributed by atoms with Crippen LogP contribution in [0.25, 0.3) is 0 Å². The first-order chi connectivity index (χ1) is 65.2. The van der Waals surface area contributed by atoms with Crippen LogP contribution in [0.2, 0.25) is 0 Å².